The van der Waals surface area contributed by atoms with Crippen LogP contribution < -0.4 is 0 Å². The Hall–Kier alpha value is -2.28. The number of benzene rings is 1. The quantitative estimate of drug-likeness (QED) is 0.842. The number of hydrogen-bond donors (Lipinski definition) is 1. The van der Waals surface area contributed by atoms with E-state index in [0.717, 1.165) is 43.1 Å². The number of pyridine rings is 1. The van der Waals surface area contributed by atoms with E-state index in [1.54, 1.807) is 0 Å². The van der Waals surface area contributed by atoms with E-state index in [2.05, 4.69) is 21.8 Å². The SMILES string of the molecule is Cc1cc(C(=O)N2CC[C@](O)(c3ccccc3)[C@H](N3CCN(C)CC3)C2)cc(C)n1. The van der Waals surface area contributed by atoms with Crippen LogP contribution in [-0.4, -0.2) is 83.1 Å². The third kappa shape index (κ3) is 4.13. The van der Waals surface area contributed by atoms with Crippen LogP contribution in [0.4, 0.5) is 0 Å². The second-order valence-electron chi connectivity index (χ2n) is 8.79. The molecule has 0 aliphatic carbocycles. The van der Waals surface area contributed by atoms with Crippen molar-refractivity contribution in [3.8, 4) is 0 Å². The maximum Gasteiger partial charge on any atom is 0.254 e. The minimum Gasteiger partial charge on any atom is -0.383 e. The molecule has 6 nitrogen and oxygen atoms in total. The Morgan fingerprint density at radius 2 is 1.67 bits per heavy atom. The zero-order valence-corrected chi connectivity index (χ0v) is 18.2. The van der Waals surface area contributed by atoms with Crippen molar-refractivity contribution < 1.29 is 9.90 Å². The molecule has 0 saturated carbocycles. The summed E-state index contributed by atoms with van der Waals surface area (Å²) >= 11 is 0. The van der Waals surface area contributed by atoms with E-state index in [1.807, 2.05) is 61.2 Å². The summed E-state index contributed by atoms with van der Waals surface area (Å²) in [6.07, 6.45) is 0.531. The topological polar surface area (TPSA) is 59.9 Å². The zero-order chi connectivity index (χ0) is 21.3. The lowest BCUT2D eigenvalue weighted by atomic mass is 9.79. The van der Waals surface area contributed by atoms with Gasteiger partial charge in [0.15, 0.2) is 0 Å². The van der Waals surface area contributed by atoms with Crippen LogP contribution in [0.5, 0.6) is 0 Å². The van der Waals surface area contributed by atoms with Crippen LogP contribution in [0.3, 0.4) is 0 Å². The summed E-state index contributed by atoms with van der Waals surface area (Å²) in [6, 6.07) is 13.5. The molecular weight excluding hydrogens is 376 g/mol. The number of piperazine rings is 1. The highest BCUT2D eigenvalue weighted by atomic mass is 16.3. The molecule has 30 heavy (non-hydrogen) atoms. The van der Waals surface area contributed by atoms with E-state index in [1.165, 1.54) is 0 Å². The number of aliphatic hydroxyl groups is 1. The molecule has 0 radical (unpaired) electrons. The summed E-state index contributed by atoms with van der Waals surface area (Å²) in [5.41, 5.74) is 2.37. The second kappa shape index (κ2) is 8.46. The van der Waals surface area contributed by atoms with Gasteiger partial charge in [0.25, 0.3) is 5.91 Å². The molecule has 0 unspecified atom stereocenters. The molecule has 160 valence electrons. The molecule has 1 amide bonds. The zero-order valence-electron chi connectivity index (χ0n) is 18.2. The number of aromatic nitrogens is 1. The summed E-state index contributed by atoms with van der Waals surface area (Å²) < 4.78 is 0. The number of likely N-dealkylation sites (N-methyl/N-ethyl adjacent to an activating group) is 1. The van der Waals surface area contributed by atoms with Gasteiger partial charge in [0.1, 0.15) is 5.60 Å². The molecule has 2 fully saturated rings. The highest BCUT2D eigenvalue weighted by Crippen LogP contribution is 2.37. The van der Waals surface area contributed by atoms with Crippen molar-refractivity contribution in [3.63, 3.8) is 0 Å². The highest BCUT2D eigenvalue weighted by Gasteiger charge is 2.47. The molecule has 6 heteroatoms. The molecule has 0 spiro atoms. The van der Waals surface area contributed by atoms with Crippen molar-refractivity contribution in [2.24, 2.45) is 0 Å². The molecule has 2 aliphatic heterocycles. The molecule has 2 aliphatic rings. The Kier molecular flexibility index (Phi) is 5.91. The van der Waals surface area contributed by atoms with Crippen molar-refractivity contribution in [1.29, 1.82) is 0 Å². The lowest BCUT2D eigenvalue weighted by Gasteiger charge is -2.51. The van der Waals surface area contributed by atoms with Crippen LogP contribution in [0.25, 0.3) is 0 Å². The second-order valence-corrected chi connectivity index (χ2v) is 8.79. The Labute approximate surface area is 179 Å². The van der Waals surface area contributed by atoms with Crippen LogP contribution in [0.15, 0.2) is 42.5 Å². The van der Waals surface area contributed by atoms with Crippen molar-refractivity contribution in [1.82, 2.24) is 19.7 Å². The van der Waals surface area contributed by atoms with Gasteiger partial charge >= 0.3 is 0 Å². The van der Waals surface area contributed by atoms with Crippen LogP contribution in [0, 0.1) is 13.8 Å². The Morgan fingerprint density at radius 3 is 2.30 bits per heavy atom. The van der Waals surface area contributed by atoms with Gasteiger partial charge in [-0.3, -0.25) is 14.7 Å². The van der Waals surface area contributed by atoms with Gasteiger partial charge in [-0.2, -0.15) is 0 Å². The first kappa shape index (κ1) is 21.0. The number of aryl methyl sites for hydroxylation is 2. The largest absolute Gasteiger partial charge is 0.383 e. The number of likely N-dealkylation sites (tertiary alicyclic amines) is 1. The number of rotatable bonds is 3. The lowest BCUT2D eigenvalue weighted by Crippen LogP contribution is -2.64. The van der Waals surface area contributed by atoms with E-state index in [4.69, 9.17) is 0 Å². The number of hydrogen-bond acceptors (Lipinski definition) is 5. The molecule has 3 heterocycles. The first-order valence-corrected chi connectivity index (χ1v) is 10.8. The minimum absolute atomic E-state index is 0.0258. The molecule has 2 aromatic rings. The molecule has 1 aromatic heterocycles. The van der Waals surface area contributed by atoms with Gasteiger partial charge in [0, 0.05) is 56.2 Å². The van der Waals surface area contributed by atoms with Gasteiger partial charge < -0.3 is 14.9 Å². The van der Waals surface area contributed by atoms with E-state index in [9.17, 15) is 9.90 Å². The van der Waals surface area contributed by atoms with Crippen molar-refractivity contribution in [3.05, 3.63) is 65.0 Å². The fraction of sp³-hybridized carbons (Fsp3) is 0.500. The smallest absolute Gasteiger partial charge is 0.254 e. The van der Waals surface area contributed by atoms with Gasteiger partial charge in [-0.05, 0) is 45.0 Å². The predicted octanol–water partition coefficient (Wildman–Crippen LogP) is 2.05. The molecular formula is C24H32N4O2. The summed E-state index contributed by atoms with van der Waals surface area (Å²) in [5, 5.41) is 11.9. The van der Waals surface area contributed by atoms with Gasteiger partial charge in [0.2, 0.25) is 0 Å². The molecule has 1 aromatic carbocycles. The predicted molar refractivity (Wildman–Crippen MR) is 117 cm³/mol. The normalized spacial score (nSPS) is 26.0. The summed E-state index contributed by atoms with van der Waals surface area (Å²) in [7, 11) is 2.13. The van der Waals surface area contributed by atoms with Crippen molar-refractivity contribution in [2.75, 3.05) is 46.3 Å². The maximum absolute atomic E-state index is 13.3. The van der Waals surface area contributed by atoms with Crippen LogP contribution >= 0.6 is 0 Å². The van der Waals surface area contributed by atoms with Crippen LogP contribution in [0.1, 0.15) is 33.7 Å². The van der Waals surface area contributed by atoms with E-state index in [-0.39, 0.29) is 11.9 Å². The van der Waals surface area contributed by atoms with E-state index in [0.29, 0.717) is 25.1 Å². The van der Waals surface area contributed by atoms with E-state index < -0.39 is 5.60 Å². The van der Waals surface area contributed by atoms with Gasteiger partial charge in [-0.15, -0.1) is 0 Å². The van der Waals surface area contributed by atoms with Crippen LogP contribution in [-0.2, 0) is 5.60 Å². The molecule has 2 saturated heterocycles. The summed E-state index contributed by atoms with van der Waals surface area (Å²) in [5.74, 6) is 0.0258. The number of amides is 1. The lowest BCUT2D eigenvalue weighted by molar-refractivity contribution is -0.101. The maximum atomic E-state index is 13.3. The van der Waals surface area contributed by atoms with Gasteiger partial charge in [0.05, 0.1) is 6.04 Å². The first-order valence-electron chi connectivity index (χ1n) is 10.8. The number of piperidine rings is 1. The average molecular weight is 409 g/mol. The Bertz CT molecular complexity index is 875. The molecule has 2 atom stereocenters. The number of carbonyl (C=O) groups is 1. The Balaban J connectivity index is 1.62. The fourth-order valence-electron chi connectivity index (χ4n) is 4.86. The average Bonchev–Trinajstić information content (AvgIpc) is 2.74. The molecule has 4 rings (SSSR count). The van der Waals surface area contributed by atoms with E-state index >= 15 is 0 Å². The molecule has 0 bridgehead atoms. The third-order valence-electron chi connectivity index (χ3n) is 6.58. The first-order chi connectivity index (χ1) is 14.4. The minimum atomic E-state index is -0.960. The third-order valence-corrected chi connectivity index (χ3v) is 6.58. The molecule has 1 N–H and O–H groups in total. The van der Waals surface area contributed by atoms with Gasteiger partial charge in [-0.1, -0.05) is 30.3 Å². The Morgan fingerprint density at radius 1 is 1.03 bits per heavy atom. The standard InChI is InChI=1S/C24H32N4O2/c1-18-15-20(16-19(2)25-18)23(29)28-10-9-24(30,21-7-5-4-6-8-21)22(17-28)27-13-11-26(3)12-14-27/h4-8,15-16,22,30H,9-14,17H2,1-3H3/t22-,24+/m1/s1. The van der Waals surface area contributed by atoms with Crippen molar-refractivity contribution in [2.45, 2.75) is 31.9 Å². The van der Waals surface area contributed by atoms with Crippen molar-refractivity contribution >= 4 is 5.91 Å². The van der Waals surface area contributed by atoms with Gasteiger partial charge in [-0.25, -0.2) is 0 Å². The monoisotopic (exact) mass is 408 g/mol. The fourth-order valence-corrected chi connectivity index (χ4v) is 4.86. The highest BCUT2D eigenvalue weighted by molar-refractivity contribution is 5.94. The number of carbonyl (C=O) groups excluding carboxylic acids is 1. The summed E-state index contributed by atoms with van der Waals surface area (Å²) in [6.45, 7) is 8.62. The summed E-state index contributed by atoms with van der Waals surface area (Å²) in [4.78, 5) is 24.3. The number of nitrogens with zero attached hydrogens (tertiary/aromatic N) is 4. The van der Waals surface area contributed by atoms with Crippen LogP contribution in [0.2, 0.25) is 0 Å².